The van der Waals surface area contributed by atoms with Crippen molar-refractivity contribution in [3.63, 3.8) is 0 Å². The fraction of sp³-hybridized carbons (Fsp3) is 0.278. The second kappa shape index (κ2) is 7.21. The maximum absolute atomic E-state index is 12.3. The molecular weight excluding hydrogens is 320 g/mol. The lowest BCUT2D eigenvalue weighted by atomic mass is 9.97. The predicted octanol–water partition coefficient (Wildman–Crippen LogP) is 1.74. The van der Waals surface area contributed by atoms with E-state index in [2.05, 4.69) is 15.2 Å². The summed E-state index contributed by atoms with van der Waals surface area (Å²) in [5.74, 6) is -0.718. The summed E-state index contributed by atoms with van der Waals surface area (Å²) in [5.41, 5.74) is 6.82. The van der Waals surface area contributed by atoms with Gasteiger partial charge in [-0.05, 0) is 49.2 Å². The Kier molecular flexibility index (Phi) is 4.83. The summed E-state index contributed by atoms with van der Waals surface area (Å²) >= 11 is 0. The number of hydrogen-bond donors (Lipinski definition) is 3. The van der Waals surface area contributed by atoms with E-state index in [-0.39, 0.29) is 29.3 Å². The second-order valence-corrected chi connectivity index (χ2v) is 6.06. The number of benzene rings is 1. The van der Waals surface area contributed by atoms with E-state index in [1.54, 1.807) is 18.2 Å². The highest BCUT2D eigenvalue weighted by Crippen LogP contribution is 2.24. The van der Waals surface area contributed by atoms with Crippen LogP contribution < -0.4 is 16.0 Å². The number of amides is 2. The Morgan fingerprint density at radius 1 is 1.24 bits per heavy atom. The number of anilines is 2. The van der Waals surface area contributed by atoms with Crippen molar-refractivity contribution < 1.29 is 14.7 Å². The Balaban J connectivity index is 1.68. The average molecular weight is 340 g/mol. The molecule has 1 aromatic carbocycles. The van der Waals surface area contributed by atoms with Crippen molar-refractivity contribution in [2.45, 2.75) is 12.8 Å². The number of hydrogen-bond acceptors (Lipinski definition) is 5. The van der Waals surface area contributed by atoms with Gasteiger partial charge in [-0.15, -0.1) is 0 Å². The minimum atomic E-state index is -0.353. The maximum Gasteiger partial charge on any atom is 0.256 e. The molecule has 0 saturated carbocycles. The van der Waals surface area contributed by atoms with Gasteiger partial charge in [-0.2, -0.15) is 0 Å². The van der Waals surface area contributed by atoms with Gasteiger partial charge in [-0.3, -0.25) is 9.59 Å². The van der Waals surface area contributed by atoms with Crippen molar-refractivity contribution in [2.24, 2.45) is 11.7 Å². The van der Waals surface area contributed by atoms with Gasteiger partial charge in [0.2, 0.25) is 5.91 Å². The highest BCUT2D eigenvalue weighted by molar-refractivity contribution is 6.04. The Bertz CT molecular complexity index is 776. The molecule has 1 aliphatic rings. The molecule has 2 heterocycles. The van der Waals surface area contributed by atoms with Crippen LogP contribution in [0.5, 0.6) is 5.75 Å². The molecule has 0 radical (unpaired) electrons. The zero-order chi connectivity index (χ0) is 17.8. The molecule has 1 atom stereocenters. The van der Waals surface area contributed by atoms with Crippen LogP contribution >= 0.6 is 0 Å². The molecule has 3 rings (SSSR count). The van der Waals surface area contributed by atoms with Crippen molar-refractivity contribution in [3.05, 3.63) is 48.2 Å². The highest BCUT2D eigenvalue weighted by atomic mass is 16.3. The van der Waals surface area contributed by atoms with Crippen LogP contribution in [0.4, 0.5) is 11.5 Å². The number of nitrogens with zero attached hydrogens (tertiary/aromatic N) is 2. The third-order valence-electron chi connectivity index (χ3n) is 4.34. The average Bonchev–Trinajstić information content (AvgIpc) is 2.64. The first-order valence-corrected chi connectivity index (χ1v) is 8.14. The SMILES string of the molecule is NC(=O)C1CCCN(c2ccc(C(=O)Nc3ncccc3O)cc2)C1. The molecule has 7 nitrogen and oxygen atoms in total. The summed E-state index contributed by atoms with van der Waals surface area (Å²) in [5, 5.41) is 12.2. The van der Waals surface area contributed by atoms with Gasteiger partial charge in [-0.1, -0.05) is 0 Å². The second-order valence-electron chi connectivity index (χ2n) is 6.06. The lowest BCUT2D eigenvalue weighted by Gasteiger charge is -2.33. The van der Waals surface area contributed by atoms with Crippen molar-refractivity contribution in [1.82, 2.24) is 4.98 Å². The number of piperidine rings is 1. The van der Waals surface area contributed by atoms with Crippen molar-refractivity contribution >= 4 is 23.3 Å². The van der Waals surface area contributed by atoms with E-state index in [1.807, 2.05) is 12.1 Å². The smallest absolute Gasteiger partial charge is 0.256 e. The fourth-order valence-electron chi connectivity index (χ4n) is 2.94. The summed E-state index contributed by atoms with van der Waals surface area (Å²) < 4.78 is 0. The summed E-state index contributed by atoms with van der Waals surface area (Å²) in [7, 11) is 0. The largest absolute Gasteiger partial charge is 0.504 e. The number of carbonyl (C=O) groups excluding carboxylic acids is 2. The van der Waals surface area contributed by atoms with Gasteiger partial charge in [0.15, 0.2) is 11.6 Å². The van der Waals surface area contributed by atoms with Gasteiger partial charge in [0.1, 0.15) is 0 Å². The van der Waals surface area contributed by atoms with Crippen molar-refractivity contribution in [3.8, 4) is 5.75 Å². The molecule has 25 heavy (non-hydrogen) atoms. The molecule has 1 aromatic heterocycles. The van der Waals surface area contributed by atoms with Crippen LogP contribution in [-0.4, -0.2) is 35.0 Å². The topological polar surface area (TPSA) is 109 Å². The van der Waals surface area contributed by atoms with Gasteiger partial charge < -0.3 is 21.1 Å². The molecule has 0 spiro atoms. The molecule has 130 valence electrons. The minimum absolute atomic E-state index is 0.0849. The standard InChI is InChI=1S/C18H20N4O3/c19-16(24)13-3-2-10-22(11-13)14-7-5-12(6-8-14)18(25)21-17-15(23)4-1-9-20-17/h1,4-9,13,23H,2-3,10-11H2,(H2,19,24)(H,20,21,25). The van der Waals surface area contributed by atoms with Gasteiger partial charge in [-0.25, -0.2) is 4.98 Å². The Labute approximate surface area is 145 Å². The Hall–Kier alpha value is -3.09. The zero-order valence-electron chi connectivity index (χ0n) is 13.7. The Morgan fingerprint density at radius 2 is 2.00 bits per heavy atom. The first-order chi connectivity index (χ1) is 12.0. The van der Waals surface area contributed by atoms with Crippen LogP contribution in [0.25, 0.3) is 0 Å². The summed E-state index contributed by atoms with van der Waals surface area (Å²) in [4.78, 5) is 29.7. The highest BCUT2D eigenvalue weighted by Gasteiger charge is 2.24. The van der Waals surface area contributed by atoms with Crippen LogP contribution in [0.15, 0.2) is 42.6 Å². The lowest BCUT2D eigenvalue weighted by molar-refractivity contribution is -0.122. The van der Waals surface area contributed by atoms with Crippen LogP contribution in [-0.2, 0) is 4.79 Å². The van der Waals surface area contributed by atoms with E-state index in [0.717, 1.165) is 25.1 Å². The van der Waals surface area contributed by atoms with E-state index >= 15 is 0 Å². The number of aromatic nitrogens is 1. The number of nitrogens with one attached hydrogen (secondary N) is 1. The first-order valence-electron chi connectivity index (χ1n) is 8.14. The van der Waals surface area contributed by atoms with Gasteiger partial charge in [0.25, 0.3) is 5.91 Å². The number of aromatic hydroxyl groups is 1. The molecule has 2 aromatic rings. The molecule has 0 bridgehead atoms. The molecule has 7 heteroatoms. The monoisotopic (exact) mass is 340 g/mol. The third kappa shape index (κ3) is 3.88. The first kappa shape index (κ1) is 16.8. The number of nitrogens with two attached hydrogens (primary N) is 1. The van der Waals surface area contributed by atoms with Gasteiger partial charge in [0, 0.05) is 30.5 Å². The molecule has 1 fully saturated rings. The predicted molar refractivity (Wildman–Crippen MR) is 94.4 cm³/mol. The van der Waals surface area contributed by atoms with E-state index in [1.165, 1.54) is 12.3 Å². The lowest BCUT2D eigenvalue weighted by Crippen LogP contribution is -2.41. The zero-order valence-corrected chi connectivity index (χ0v) is 13.7. The van der Waals surface area contributed by atoms with E-state index < -0.39 is 0 Å². The molecule has 1 aliphatic heterocycles. The van der Waals surface area contributed by atoms with E-state index in [0.29, 0.717) is 12.1 Å². The Morgan fingerprint density at radius 3 is 2.68 bits per heavy atom. The van der Waals surface area contributed by atoms with Gasteiger partial charge in [0.05, 0.1) is 5.92 Å². The summed E-state index contributed by atoms with van der Waals surface area (Å²) in [6.07, 6.45) is 3.22. The van der Waals surface area contributed by atoms with E-state index in [9.17, 15) is 14.7 Å². The number of pyridine rings is 1. The number of rotatable bonds is 4. The summed E-state index contributed by atoms with van der Waals surface area (Å²) in [6, 6.07) is 10.1. The van der Waals surface area contributed by atoms with Crippen LogP contribution in [0, 0.1) is 5.92 Å². The number of carbonyl (C=O) groups is 2. The molecule has 4 N–H and O–H groups in total. The molecular formula is C18H20N4O3. The molecule has 1 saturated heterocycles. The molecule has 2 amide bonds. The van der Waals surface area contributed by atoms with Gasteiger partial charge >= 0.3 is 0 Å². The van der Waals surface area contributed by atoms with Crippen LogP contribution in [0.3, 0.4) is 0 Å². The van der Waals surface area contributed by atoms with Crippen LogP contribution in [0.1, 0.15) is 23.2 Å². The summed E-state index contributed by atoms with van der Waals surface area (Å²) in [6.45, 7) is 1.46. The van der Waals surface area contributed by atoms with Crippen molar-refractivity contribution in [1.29, 1.82) is 0 Å². The third-order valence-corrected chi connectivity index (χ3v) is 4.34. The van der Waals surface area contributed by atoms with Crippen molar-refractivity contribution in [2.75, 3.05) is 23.3 Å². The minimum Gasteiger partial charge on any atom is -0.504 e. The molecule has 0 aliphatic carbocycles. The van der Waals surface area contributed by atoms with E-state index in [4.69, 9.17) is 5.73 Å². The number of primary amides is 1. The molecule has 1 unspecified atom stereocenters. The maximum atomic E-state index is 12.3. The fourth-order valence-corrected chi connectivity index (χ4v) is 2.94. The van der Waals surface area contributed by atoms with Crippen LogP contribution in [0.2, 0.25) is 0 Å². The quantitative estimate of drug-likeness (QED) is 0.785. The normalized spacial score (nSPS) is 17.1.